The van der Waals surface area contributed by atoms with E-state index in [0.717, 1.165) is 30.5 Å². The summed E-state index contributed by atoms with van der Waals surface area (Å²) in [5, 5.41) is 2.84. The lowest BCUT2D eigenvalue weighted by Gasteiger charge is -2.10. The Morgan fingerprint density at radius 1 is 1.11 bits per heavy atom. The van der Waals surface area contributed by atoms with Gasteiger partial charge in [-0.05, 0) is 54.3 Å². The van der Waals surface area contributed by atoms with Crippen molar-refractivity contribution in [3.05, 3.63) is 59.7 Å². The molecule has 0 bridgehead atoms. The van der Waals surface area contributed by atoms with Gasteiger partial charge in [-0.15, -0.1) is 0 Å². The van der Waals surface area contributed by atoms with E-state index < -0.39 is 5.91 Å². The highest BCUT2D eigenvalue weighted by Crippen LogP contribution is 2.28. The van der Waals surface area contributed by atoms with Crippen molar-refractivity contribution in [2.45, 2.75) is 26.2 Å². The van der Waals surface area contributed by atoms with Crippen molar-refractivity contribution in [2.24, 2.45) is 5.73 Å². The van der Waals surface area contributed by atoms with E-state index in [1.54, 1.807) is 24.3 Å². The highest BCUT2D eigenvalue weighted by Gasteiger charge is 2.06. The van der Waals surface area contributed by atoms with Crippen molar-refractivity contribution in [1.29, 1.82) is 0 Å². The quantitative estimate of drug-likeness (QED) is 0.615. The van der Waals surface area contributed by atoms with Crippen LogP contribution in [0.2, 0.25) is 0 Å². The van der Waals surface area contributed by atoms with Crippen LogP contribution in [0.3, 0.4) is 0 Å². The maximum atomic E-state index is 12.1. The zero-order chi connectivity index (χ0) is 20.4. The molecule has 0 radical (unpaired) electrons. The first kappa shape index (κ1) is 21.0. The van der Waals surface area contributed by atoms with Crippen LogP contribution in [0.15, 0.2) is 48.5 Å². The first-order valence-corrected chi connectivity index (χ1v) is 9.19. The highest BCUT2D eigenvalue weighted by molar-refractivity contribution is 6.01. The number of ether oxygens (including phenoxy) is 2. The molecular formula is C22H26N2O4. The van der Waals surface area contributed by atoms with Crippen molar-refractivity contribution in [3.8, 4) is 11.5 Å². The Balaban J connectivity index is 1.96. The summed E-state index contributed by atoms with van der Waals surface area (Å²) < 4.78 is 10.5. The van der Waals surface area contributed by atoms with Crippen molar-refractivity contribution in [2.75, 3.05) is 19.0 Å². The van der Waals surface area contributed by atoms with Crippen LogP contribution >= 0.6 is 0 Å². The second-order valence-corrected chi connectivity index (χ2v) is 6.29. The fraction of sp³-hybridized carbons (Fsp3) is 0.273. The van der Waals surface area contributed by atoms with Crippen LogP contribution in [0.5, 0.6) is 11.5 Å². The van der Waals surface area contributed by atoms with E-state index in [2.05, 4.69) is 12.2 Å². The summed E-state index contributed by atoms with van der Waals surface area (Å²) in [5.74, 6) is 0.0629. The standard InChI is InChI=1S/C22H26N2O4/c1-3-4-5-16-6-10-18(11-7-16)24-22(26)13-9-17-8-12-19(20(14-17)27-2)28-15-21(23)25/h6-14H,3-5,15H2,1-2H3,(H2,23,25)(H,24,26)/b13-9+. The van der Waals surface area contributed by atoms with Crippen molar-refractivity contribution in [3.63, 3.8) is 0 Å². The van der Waals surface area contributed by atoms with Crippen LogP contribution in [0.4, 0.5) is 5.69 Å². The van der Waals surface area contributed by atoms with Gasteiger partial charge in [0.25, 0.3) is 5.91 Å². The van der Waals surface area contributed by atoms with Crippen LogP contribution in [0.1, 0.15) is 30.9 Å². The molecule has 6 nitrogen and oxygen atoms in total. The minimum absolute atomic E-state index is 0.227. The van der Waals surface area contributed by atoms with E-state index >= 15 is 0 Å². The molecule has 0 unspecified atom stereocenters. The number of hydrogen-bond acceptors (Lipinski definition) is 4. The largest absolute Gasteiger partial charge is 0.493 e. The maximum absolute atomic E-state index is 12.1. The van der Waals surface area contributed by atoms with E-state index in [-0.39, 0.29) is 12.5 Å². The van der Waals surface area contributed by atoms with Gasteiger partial charge in [-0.25, -0.2) is 0 Å². The second-order valence-electron chi connectivity index (χ2n) is 6.29. The van der Waals surface area contributed by atoms with E-state index in [1.165, 1.54) is 18.7 Å². The van der Waals surface area contributed by atoms with Crippen LogP contribution < -0.4 is 20.5 Å². The predicted molar refractivity (Wildman–Crippen MR) is 110 cm³/mol. The maximum Gasteiger partial charge on any atom is 0.255 e. The van der Waals surface area contributed by atoms with Gasteiger partial charge in [0.2, 0.25) is 5.91 Å². The molecule has 2 rings (SSSR count). The number of hydrogen-bond donors (Lipinski definition) is 2. The van der Waals surface area contributed by atoms with Crippen LogP contribution in [0.25, 0.3) is 6.08 Å². The molecule has 0 spiro atoms. The molecule has 0 aliphatic heterocycles. The highest BCUT2D eigenvalue weighted by atomic mass is 16.5. The molecule has 0 saturated carbocycles. The molecule has 148 valence electrons. The predicted octanol–water partition coefficient (Wildman–Crippen LogP) is 3.55. The van der Waals surface area contributed by atoms with Crippen molar-refractivity contribution in [1.82, 2.24) is 0 Å². The number of aryl methyl sites for hydroxylation is 1. The summed E-state index contributed by atoms with van der Waals surface area (Å²) in [7, 11) is 1.50. The van der Waals surface area contributed by atoms with E-state index in [0.29, 0.717) is 11.5 Å². The summed E-state index contributed by atoms with van der Waals surface area (Å²) in [6.07, 6.45) is 6.48. The van der Waals surface area contributed by atoms with Crippen LogP contribution in [0, 0.1) is 0 Å². The van der Waals surface area contributed by atoms with E-state index in [1.807, 2.05) is 24.3 Å². The first-order valence-electron chi connectivity index (χ1n) is 9.19. The monoisotopic (exact) mass is 382 g/mol. The molecule has 0 aliphatic carbocycles. The number of amides is 2. The lowest BCUT2D eigenvalue weighted by Crippen LogP contribution is -2.20. The third kappa shape index (κ3) is 6.79. The number of unbranched alkanes of at least 4 members (excludes halogenated alkanes) is 1. The van der Waals surface area contributed by atoms with Gasteiger partial charge in [-0.2, -0.15) is 0 Å². The average Bonchev–Trinajstić information content (AvgIpc) is 2.70. The van der Waals surface area contributed by atoms with Gasteiger partial charge in [0.15, 0.2) is 18.1 Å². The second kappa shape index (κ2) is 10.8. The molecule has 0 aromatic heterocycles. The summed E-state index contributed by atoms with van der Waals surface area (Å²) >= 11 is 0. The third-order valence-electron chi connectivity index (χ3n) is 4.03. The van der Waals surface area contributed by atoms with E-state index in [4.69, 9.17) is 15.2 Å². The summed E-state index contributed by atoms with van der Waals surface area (Å²) in [6.45, 7) is 1.93. The minimum atomic E-state index is -0.568. The lowest BCUT2D eigenvalue weighted by molar-refractivity contribution is -0.120. The zero-order valence-electron chi connectivity index (χ0n) is 16.2. The molecule has 2 aromatic rings. The Labute approximate surface area is 165 Å². The van der Waals surface area contributed by atoms with Gasteiger partial charge in [-0.3, -0.25) is 9.59 Å². The Kier molecular flexibility index (Phi) is 8.09. The number of benzene rings is 2. The molecule has 2 aromatic carbocycles. The minimum Gasteiger partial charge on any atom is -0.493 e. The number of carbonyl (C=O) groups is 2. The molecule has 0 aliphatic rings. The average molecular weight is 382 g/mol. The van der Waals surface area contributed by atoms with Gasteiger partial charge in [-0.1, -0.05) is 31.5 Å². The molecule has 2 amide bonds. The van der Waals surface area contributed by atoms with Gasteiger partial charge in [0, 0.05) is 11.8 Å². The number of carbonyl (C=O) groups excluding carboxylic acids is 2. The smallest absolute Gasteiger partial charge is 0.255 e. The number of primary amides is 1. The van der Waals surface area contributed by atoms with Crippen molar-refractivity contribution >= 4 is 23.6 Å². The molecule has 0 saturated heterocycles. The number of nitrogens with two attached hydrogens (primary N) is 1. The molecule has 0 heterocycles. The number of rotatable bonds is 10. The van der Waals surface area contributed by atoms with Gasteiger partial charge >= 0.3 is 0 Å². The van der Waals surface area contributed by atoms with Crippen LogP contribution in [-0.4, -0.2) is 25.5 Å². The Hall–Kier alpha value is -3.28. The zero-order valence-corrected chi connectivity index (χ0v) is 16.2. The summed E-state index contributed by atoms with van der Waals surface area (Å²) in [5.41, 5.74) is 7.85. The van der Waals surface area contributed by atoms with E-state index in [9.17, 15) is 9.59 Å². The Morgan fingerprint density at radius 3 is 2.50 bits per heavy atom. The SMILES string of the molecule is CCCCc1ccc(NC(=O)/C=C/c2ccc(OCC(N)=O)c(OC)c2)cc1. The number of methoxy groups -OCH3 is 1. The molecular weight excluding hydrogens is 356 g/mol. The number of anilines is 1. The third-order valence-corrected chi connectivity index (χ3v) is 4.03. The summed E-state index contributed by atoms with van der Waals surface area (Å²) in [4.78, 5) is 23.0. The first-order chi connectivity index (χ1) is 13.5. The molecule has 3 N–H and O–H groups in total. The van der Waals surface area contributed by atoms with Crippen LogP contribution in [-0.2, 0) is 16.0 Å². The topological polar surface area (TPSA) is 90.6 Å². The summed E-state index contributed by atoms with van der Waals surface area (Å²) in [6, 6.07) is 13.0. The molecule has 28 heavy (non-hydrogen) atoms. The van der Waals surface area contributed by atoms with Gasteiger partial charge in [0.1, 0.15) is 0 Å². The molecule has 0 atom stereocenters. The van der Waals surface area contributed by atoms with Gasteiger partial charge < -0.3 is 20.5 Å². The number of nitrogens with one attached hydrogen (secondary N) is 1. The lowest BCUT2D eigenvalue weighted by atomic mass is 10.1. The fourth-order valence-corrected chi connectivity index (χ4v) is 2.55. The van der Waals surface area contributed by atoms with Gasteiger partial charge in [0.05, 0.1) is 7.11 Å². The Bertz CT molecular complexity index is 829. The Morgan fingerprint density at radius 2 is 1.86 bits per heavy atom. The molecule has 0 fully saturated rings. The normalized spacial score (nSPS) is 10.6. The fourth-order valence-electron chi connectivity index (χ4n) is 2.55. The molecule has 6 heteroatoms. The van der Waals surface area contributed by atoms with Crippen molar-refractivity contribution < 1.29 is 19.1 Å².